The van der Waals surface area contributed by atoms with Crippen LogP contribution in [-0.4, -0.2) is 45.4 Å². The number of allylic oxidation sites excluding steroid dienone is 2. The summed E-state index contributed by atoms with van der Waals surface area (Å²) in [5.74, 6) is -0.722. The maximum Gasteiger partial charge on any atom is 0.373 e. The van der Waals surface area contributed by atoms with Gasteiger partial charge in [-0.05, 0) is 12.8 Å². The van der Waals surface area contributed by atoms with Crippen molar-refractivity contribution in [3.8, 4) is 6.07 Å². The van der Waals surface area contributed by atoms with Crippen LogP contribution in [0.3, 0.4) is 0 Å². The van der Waals surface area contributed by atoms with E-state index >= 15 is 0 Å². The zero-order valence-electron chi connectivity index (χ0n) is 25.2. The zero-order chi connectivity index (χ0) is 33.0. The molecule has 0 aromatic carbocycles. The first-order valence-corrected chi connectivity index (χ1v) is 12.7. The van der Waals surface area contributed by atoms with Crippen LogP contribution in [0.2, 0.25) is 0 Å². The predicted octanol–water partition coefficient (Wildman–Crippen LogP) is 6.88. The Kier molecular flexibility index (Phi) is 67.3. The number of hydrogen-bond acceptors (Lipinski definition) is 9. The molecule has 10 nitrogen and oxygen atoms in total. The van der Waals surface area contributed by atoms with Crippen molar-refractivity contribution in [3.63, 3.8) is 0 Å². The number of nitrogens with zero attached hydrogens (tertiary/aromatic N) is 2. The molecular formula is C31H48N2O8. The number of carbonyl (C=O) groups is 3. The highest BCUT2D eigenvalue weighted by molar-refractivity contribution is 5.71. The minimum atomic E-state index is -0.324. The minimum absolute atomic E-state index is 0.157. The largest absolute Gasteiger partial charge is 0.469 e. The van der Waals surface area contributed by atoms with Gasteiger partial charge in [-0.25, -0.2) is 4.85 Å². The van der Waals surface area contributed by atoms with E-state index in [9.17, 15) is 14.4 Å². The van der Waals surface area contributed by atoms with E-state index in [0.717, 1.165) is 6.42 Å². The molecule has 0 saturated heterocycles. The molecule has 0 unspecified atom stereocenters. The first kappa shape index (κ1) is 49.4. The molecule has 0 fully saturated rings. The van der Waals surface area contributed by atoms with Crippen molar-refractivity contribution < 1.29 is 38.2 Å². The first-order chi connectivity index (χ1) is 19.8. The number of rotatable bonds is 14. The van der Waals surface area contributed by atoms with Crippen LogP contribution >= 0.6 is 0 Å². The Hall–Kier alpha value is -4.53. The van der Waals surface area contributed by atoms with Gasteiger partial charge in [-0.1, -0.05) is 76.3 Å². The Morgan fingerprint density at radius 2 is 1.17 bits per heavy atom. The van der Waals surface area contributed by atoms with Crippen molar-refractivity contribution in [2.45, 2.75) is 77.6 Å². The van der Waals surface area contributed by atoms with Crippen LogP contribution in [0.5, 0.6) is 0 Å². The van der Waals surface area contributed by atoms with Gasteiger partial charge >= 0.3 is 24.1 Å². The summed E-state index contributed by atoms with van der Waals surface area (Å²) in [5.41, 5.74) is 0. The summed E-state index contributed by atoms with van der Waals surface area (Å²) in [6, 6.07) is 1.69. The van der Waals surface area contributed by atoms with E-state index in [0.29, 0.717) is 12.8 Å². The average Bonchev–Trinajstić information content (AvgIpc) is 3.00. The third kappa shape index (κ3) is 78.7. The van der Waals surface area contributed by atoms with Gasteiger partial charge in [0.25, 0.3) is 0 Å². The van der Waals surface area contributed by atoms with E-state index in [-0.39, 0.29) is 30.5 Å². The maximum atomic E-state index is 10.8. The van der Waals surface area contributed by atoms with Gasteiger partial charge in [0.15, 0.2) is 6.20 Å². The number of unbranched alkanes of at least 4 members (excludes halogenated alkanes) is 7. The summed E-state index contributed by atoms with van der Waals surface area (Å²) in [7, 11) is 4.09. The van der Waals surface area contributed by atoms with E-state index in [2.05, 4.69) is 58.4 Å². The second kappa shape index (κ2) is 55.9. The lowest BCUT2D eigenvalue weighted by Gasteiger charge is -1.98. The molecule has 0 bridgehead atoms. The van der Waals surface area contributed by atoms with Crippen LogP contribution in [-0.2, 0) is 38.2 Å². The molecule has 0 amide bonds. The van der Waals surface area contributed by atoms with Gasteiger partial charge in [-0.15, -0.1) is 19.7 Å². The van der Waals surface area contributed by atoms with Crippen LogP contribution in [0, 0.1) is 17.9 Å². The van der Waals surface area contributed by atoms with Crippen molar-refractivity contribution in [2.75, 3.05) is 21.3 Å². The Morgan fingerprint density at radius 1 is 0.780 bits per heavy atom. The maximum absolute atomic E-state index is 10.8. The topological polar surface area (TPSA) is 141 Å². The summed E-state index contributed by atoms with van der Waals surface area (Å²) in [4.78, 5) is 50.4. The molecule has 0 aliphatic heterocycles. The fraction of sp³-hybridized carbons (Fsp3) is 0.484. The Balaban J connectivity index is -0.000000104. The monoisotopic (exact) mass is 576 g/mol. The van der Waals surface area contributed by atoms with Crippen molar-refractivity contribution in [3.05, 3.63) is 74.3 Å². The van der Waals surface area contributed by atoms with E-state index in [1.807, 2.05) is 6.08 Å². The molecule has 10 heteroatoms. The summed E-state index contributed by atoms with van der Waals surface area (Å²) < 4.78 is 13.1. The first-order valence-electron chi connectivity index (χ1n) is 12.7. The molecule has 0 spiro atoms. The summed E-state index contributed by atoms with van der Waals surface area (Å²) in [6.07, 6.45) is 20.9. The highest BCUT2D eigenvalue weighted by Gasteiger charge is 1.94. The molecule has 0 aromatic rings. The van der Waals surface area contributed by atoms with Gasteiger partial charge in [-0.3, -0.25) is 14.4 Å². The van der Waals surface area contributed by atoms with E-state index in [4.69, 9.17) is 21.4 Å². The quantitative estimate of drug-likeness (QED) is 0.0540. The SMILES string of the molecule is C=C.C=CC#N.C=CCC(=O)OC.CCCCCCCCCC=CCC(=O)OC.O=C=O.[C-]#[N+]C=CCC(=O)OC. The van der Waals surface area contributed by atoms with E-state index in [1.165, 1.54) is 90.7 Å². The molecule has 230 valence electrons. The van der Waals surface area contributed by atoms with Crippen molar-refractivity contribution >= 4 is 24.1 Å². The third-order valence-corrected chi connectivity index (χ3v) is 3.98. The molecule has 0 rings (SSSR count). The van der Waals surface area contributed by atoms with Gasteiger partial charge in [0, 0.05) is 6.08 Å². The number of methoxy groups -OCH3 is 3. The average molecular weight is 577 g/mol. The lowest BCUT2D eigenvalue weighted by atomic mass is 10.1. The van der Waals surface area contributed by atoms with Crippen molar-refractivity contribution in [1.82, 2.24) is 0 Å². The molecule has 0 aliphatic rings. The van der Waals surface area contributed by atoms with Crippen LogP contribution in [0.25, 0.3) is 4.85 Å². The van der Waals surface area contributed by atoms with Gasteiger partial charge in [0.1, 0.15) is 0 Å². The predicted molar refractivity (Wildman–Crippen MR) is 160 cm³/mol. The standard InChI is InChI=1S/C14H26O2.C6H7NO2.C5H8O2.C3H3N.C2H4.CO2/c1-3-4-5-6-7-8-9-10-11-12-13-14(15)16-2;1-7-5-3-4-6(8)9-2;1-3-4-5(6)7-2;1-2-3-4;1-2;2-1-3/h11-12H,3-10,13H2,1-2H3;3,5H,4H2,2H3;3H,1,4H2,2H3;2H,1H2;1-2H2;. The Bertz CT molecular complexity index is 800. The van der Waals surface area contributed by atoms with Gasteiger partial charge in [-0.2, -0.15) is 14.9 Å². The lowest BCUT2D eigenvalue weighted by molar-refractivity contribution is -0.191. The number of carbonyl (C=O) groups excluding carboxylic acids is 5. The van der Waals surface area contributed by atoms with E-state index in [1.54, 1.807) is 6.07 Å². The van der Waals surface area contributed by atoms with Gasteiger partial charge < -0.3 is 14.2 Å². The molecular weight excluding hydrogens is 528 g/mol. The second-order valence-electron chi connectivity index (χ2n) is 6.94. The third-order valence-electron chi connectivity index (χ3n) is 3.98. The zero-order valence-corrected chi connectivity index (χ0v) is 25.2. The Labute approximate surface area is 246 Å². The van der Waals surface area contributed by atoms with Crippen LogP contribution in [0.4, 0.5) is 0 Å². The minimum Gasteiger partial charge on any atom is -0.469 e. The van der Waals surface area contributed by atoms with Crippen molar-refractivity contribution in [1.29, 1.82) is 5.26 Å². The van der Waals surface area contributed by atoms with Gasteiger partial charge in [0.05, 0.1) is 53.2 Å². The molecule has 0 heterocycles. The smallest absolute Gasteiger partial charge is 0.373 e. The summed E-state index contributed by atoms with van der Waals surface area (Å²) >= 11 is 0. The highest BCUT2D eigenvalue weighted by Crippen LogP contribution is 2.08. The summed E-state index contributed by atoms with van der Waals surface area (Å²) in [6.45, 7) is 21.0. The molecule has 41 heavy (non-hydrogen) atoms. The molecule has 0 aliphatic carbocycles. The molecule has 0 atom stereocenters. The number of ether oxygens (including phenoxy) is 3. The second-order valence-corrected chi connectivity index (χ2v) is 6.94. The number of hydrogen-bond donors (Lipinski definition) is 0. The highest BCUT2D eigenvalue weighted by atomic mass is 16.5. The number of esters is 3. The fourth-order valence-electron chi connectivity index (χ4n) is 2.09. The van der Waals surface area contributed by atoms with Crippen LogP contribution in [0.15, 0.2) is 62.9 Å². The summed E-state index contributed by atoms with van der Waals surface area (Å²) in [5, 5.41) is 7.51. The molecule has 0 radical (unpaired) electrons. The lowest BCUT2D eigenvalue weighted by Crippen LogP contribution is -1.96. The molecule has 0 aromatic heterocycles. The van der Waals surface area contributed by atoms with Crippen molar-refractivity contribution in [2.24, 2.45) is 0 Å². The van der Waals surface area contributed by atoms with E-state index < -0.39 is 0 Å². The van der Waals surface area contributed by atoms with Crippen LogP contribution in [0.1, 0.15) is 77.6 Å². The van der Waals surface area contributed by atoms with Crippen LogP contribution < -0.4 is 0 Å². The normalized spacial score (nSPS) is 8.15. The molecule has 0 saturated carbocycles. The Morgan fingerprint density at radius 3 is 1.51 bits per heavy atom. The fourth-order valence-corrected chi connectivity index (χ4v) is 2.09. The number of nitriles is 1. The van der Waals surface area contributed by atoms with Gasteiger partial charge in [0.2, 0.25) is 0 Å². The molecule has 0 N–H and O–H groups in total.